The average molecular weight is 589 g/mol. The van der Waals surface area contributed by atoms with Crippen molar-refractivity contribution in [2.45, 2.75) is 33.7 Å². The fraction of sp³-hybridized carbons (Fsp3) is 0.167. The molecule has 0 aliphatic heterocycles. The van der Waals surface area contributed by atoms with Crippen LogP contribution in [0, 0.1) is 25.5 Å². The molecule has 0 saturated heterocycles. The Hall–Kier alpha value is -5.59. The van der Waals surface area contributed by atoms with Crippen molar-refractivity contribution in [1.29, 1.82) is 0 Å². The summed E-state index contributed by atoms with van der Waals surface area (Å²) in [6, 6.07) is 9.50. The number of rotatable bonds is 7. The molecule has 0 fully saturated rings. The lowest BCUT2D eigenvalue weighted by Gasteiger charge is -2.16. The maximum absolute atomic E-state index is 15.2. The van der Waals surface area contributed by atoms with Gasteiger partial charge in [-0.3, -0.25) is 14.2 Å². The zero-order valence-corrected chi connectivity index (χ0v) is 23.5. The number of hydrogen-bond donors (Lipinski definition) is 2. The Bertz CT molecular complexity index is 1960. The van der Waals surface area contributed by atoms with E-state index in [2.05, 4.69) is 15.5 Å². The predicted molar refractivity (Wildman–Crippen MR) is 155 cm³/mol. The van der Waals surface area contributed by atoms with Crippen molar-refractivity contribution in [2.24, 2.45) is 0 Å². The number of nitrogens with one attached hydrogen (secondary N) is 1. The SMILES string of the molecule is Cc1noc(C)c1-c1c(Oc2ccc(NC(=O)c3cn(C(C)C)c(=O)n(-c4ccc(F)cc4)c3=O)cc2F)ccnc1N. The smallest absolute Gasteiger partial charge is 0.335 e. The number of benzene rings is 2. The van der Waals surface area contributed by atoms with Crippen molar-refractivity contribution in [2.75, 3.05) is 11.1 Å². The van der Waals surface area contributed by atoms with Crippen LogP contribution in [0.1, 0.15) is 41.7 Å². The number of carbonyl (C=O) groups excluding carboxylic acids is 1. The number of amides is 1. The highest BCUT2D eigenvalue weighted by molar-refractivity contribution is 6.03. The topological polar surface area (TPSA) is 147 Å². The molecule has 13 heteroatoms. The zero-order chi connectivity index (χ0) is 31.0. The van der Waals surface area contributed by atoms with E-state index in [-0.39, 0.29) is 34.3 Å². The summed E-state index contributed by atoms with van der Waals surface area (Å²) in [5.41, 5.74) is 5.70. The van der Waals surface area contributed by atoms with E-state index >= 15 is 4.39 Å². The van der Waals surface area contributed by atoms with Gasteiger partial charge < -0.3 is 20.3 Å². The maximum atomic E-state index is 15.2. The Kier molecular flexibility index (Phi) is 7.64. The highest BCUT2D eigenvalue weighted by Gasteiger charge is 2.23. The molecule has 0 unspecified atom stereocenters. The second-order valence-corrected chi connectivity index (χ2v) is 9.91. The lowest BCUT2D eigenvalue weighted by atomic mass is 10.0. The van der Waals surface area contributed by atoms with Crippen LogP contribution in [0.25, 0.3) is 16.8 Å². The van der Waals surface area contributed by atoms with E-state index < -0.39 is 34.8 Å². The number of nitrogen functional groups attached to an aromatic ring is 1. The van der Waals surface area contributed by atoms with E-state index in [0.717, 1.165) is 29.0 Å². The summed E-state index contributed by atoms with van der Waals surface area (Å²) in [5.74, 6) is -1.64. The summed E-state index contributed by atoms with van der Waals surface area (Å²) in [5, 5.41) is 6.42. The molecule has 0 bridgehead atoms. The summed E-state index contributed by atoms with van der Waals surface area (Å²) in [7, 11) is 0. The number of nitrogens with two attached hydrogens (primary N) is 1. The lowest BCUT2D eigenvalue weighted by molar-refractivity contribution is 0.102. The molecule has 1 amide bonds. The molecule has 0 aliphatic carbocycles. The second-order valence-electron chi connectivity index (χ2n) is 9.91. The van der Waals surface area contributed by atoms with Gasteiger partial charge in [0.05, 0.1) is 22.5 Å². The first-order valence-corrected chi connectivity index (χ1v) is 13.1. The monoisotopic (exact) mass is 588 g/mol. The number of ether oxygens (including phenoxy) is 1. The third-order valence-electron chi connectivity index (χ3n) is 6.63. The van der Waals surface area contributed by atoms with E-state index in [1.807, 2.05) is 0 Å². The number of carbonyl (C=O) groups is 1. The van der Waals surface area contributed by atoms with E-state index in [0.29, 0.717) is 22.6 Å². The van der Waals surface area contributed by atoms with Crippen LogP contribution in [-0.2, 0) is 0 Å². The van der Waals surface area contributed by atoms with Gasteiger partial charge in [-0.15, -0.1) is 0 Å². The minimum atomic E-state index is -0.923. The summed E-state index contributed by atoms with van der Waals surface area (Å²) in [6.07, 6.45) is 2.55. The Morgan fingerprint density at radius 1 is 1.02 bits per heavy atom. The molecule has 11 nitrogen and oxygen atoms in total. The number of hydrogen-bond acceptors (Lipinski definition) is 8. The molecule has 2 aromatic carbocycles. The third kappa shape index (κ3) is 5.52. The van der Waals surface area contributed by atoms with E-state index in [1.165, 1.54) is 41.1 Å². The quantitative estimate of drug-likeness (QED) is 0.265. The van der Waals surface area contributed by atoms with E-state index in [9.17, 15) is 18.8 Å². The van der Waals surface area contributed by atoms with Crippen LogP contribution >= 0.6 is 0 Å². The van der Waals surface area contributed by atoms with Gasteiger partial charge in [-0.1, -0.05) is 5.16 Å². The summed E-state index contributed by atoms with van der Waals surface area (Å²) in [4.78, 5) is 43.7. The van der Waals surface area contributed by atoms with Crippen molar-refractivity contribution in [3.63, 3.8) is 0 Å². The van der Waals surface area contributed by atoms with Crippen LogP contribution in [0.4, 0.5) is 20.3 Å². The Morgan fingerprint density at radius 2 is 1.74 bits per heavy atom. The lowest BCUT2D eigenvalue weighted by Crippen LogP contribution is -2.42. The number of aryl methyl sites for hydroxylation is 2. The molecule has 220 valence electrons. The summed E-state index contributed by atoms with van der Waals surface area (Å²) < 4.78 is 41.8. The largest absolute Gasteiger partial charge is 0.453 e. The van der Waals surface area contributed by atoms with Gasteiger partial charge in [0, 0.05) is 30.2 Å². The highest BCUT2D eigenvalue weighted by Crippen LogP contribution is 2.40. The Labute approximate surface area is 243 Å². The first-order chi connectivity index (χ1) is 20.5. The van der Waals surface area contributed by atoms with Crippen LogP contribution in [0.15, 0.2) is 75.0 Å². The van der Waals surface area contributed by atoms with Crippen LogP contribution in [0.5, 0.6) is 11.5 Å². The molecule has 0 saturated carbocycles. The predicted octanol–water partition coefficient (Wildman–Crippen LogP) is 5.15. The van der Waals surface area contributed by atoms with Crippen molar-refractivity contribution in [3.8, 4) is 28.3 Å². The maximum Gasteiger partial charge on any atom is 0.335 e. The van der Waals surface area contributed by atoms with Gasteiger partial charge in [-0.2, -0.15) is 0 Å². The number of halogens is 2. The van der Waals surface area contributed by atoms with Gasteiger partial charge in [-0.25, -0.2) is 23.1 Å². The Balaban J connectivity index is 1.46. The van der Waals surface area contributed by atoms with Gasteiger partial charge in [0.15, 0.2) is 11.6 Å². The second kappa shape index (κ2) is 11.4. The van der Waals surface area contributed by atoms with E-state index in [1.54, 1.807) is 27.7 Å². The van der Waals surface area contributed by atoms with Crippen LogP contribution in [-0.4, -0.2) is 25.2 Å². The molecule has 43 heavy (non-hydrogen) atoms. The standard InChI is InChI=1S/C30H26F2N6O5/c1-15(2)37-14-21(29(40)38(30(37)41)20-8-5-18(31)6-9-20)28(39)35-19-7-10-23(22(32)13-19)42-24-11-12-34-27(33)26(24)25-16(3)36-43-17(25)4/h5-15H,1-4H3,(H2,33,34)(H,35,39). The average Bonchev–Trinajstić information content (AvgIpc) is 3.28. The summed E-state index contributed by atoms with van der Waals surface area (Å²) in [6.45, 7) is 6.82. The number of nitrogens with zero attached hydrogens (tertiary/aromatic N) is 4. The molecule has 5 aromatic rings. The van der Waals surface area contributed by atoms with E-state index in [4.69, 9.17) is 15.0 Å². The molecule has 0 radical (unpaired) electrons. The first-order valence-electron chi connectivity index (χ1n) is 13.1. The van der Waals surface area contributed by atoms with Crippen LogP contribution in [0.3, 0.4) is 0 Å². The first kappa shape index (κ1) is 28.9. The van der Waals surface area contributed by atoms with Crippen molar-refractivity contribution >= 4 is 17.4 Å². The molecular formula is C30H26F2N6O5. The minimum Gasteiger partial charge on any atom is -0.453 e. The van der Waals surface area contributed by atoms with Gasteiger partial charge in [0.25, 0.3) is 11.5 Å². The molecule has 0 aliphatic rings. The fourth-order valence-electron chi connectivity index (χ4n) is 4.53. The number of anilines is 2. The summed E-state index contributed by atoms with van der Waals surface area (Å²) >= 11 is 0. The molecule has 5 rings (SSSR count). The number of pyridine rings is 1. The number of aromatic nitrogens is 4. The molecule has 3 N–H and O–H groups in total. The zero-order valence-electron chi connectivity index (χ0n) is 23.5. The minimum absolute atomic E-state index is 0.0186. The van der Waals surface area contributed by atoms with Crippen LogP contribution < -0.4 is 27.0 Å². The highest BCUT2D eigenvalue weighted by atomic mass is 19.1. The third-order valence-corrected chi connectivity index (χ3v) is 6.63. The van der Waals surface area contributed by atoms with Crippen molar-refractivity contribution in [3.05, 3.63) is 110 Å². The molecule has 0 spiro atoms. The molecular weight excluding hydrogens is 562 g/mol. The van der Waals surface area contributed by atoms with Crippen molar-refractivity contribution < 1.29 is 22.8 Å². The van der Waals surface area contributed by atoms with Gasteiger partial charge in [0.2, 0.25) is 0 Å². The fourth-order valence-corrected chi connectivity index (χ4v) is 4.53. The molecule has 0 atom stereocenters. The Morgan fingerprint density at radius 3 is 2.37 bits per heavy atom. The molecule has 3 heterocycles. The van der Waals surface area contributed by atoms with Crippen LogP contribution in [0.2, 0.25) is 0 Å². The van der Waals surface area contributed by atoms with Gasteiger partial charge >= 0.3 is 5.69 Å². The van der Waals surface area contributed by atoms with Gasteiger partial charge in [-0.05, 0) is 70.2 Å². The normalized spacial score (nSPS) is 11.1. The molecule has 3 aromatic heterocycles. The van der Waals surface area contributed by atoms with Gasteiger partial charge in [0.1, 0.15) is 28.7 Å². The van der Waals surface area contributed by atoms with Crippen molar-refractivity contribution in [1.82, 2.24) is 19.3 Å².